The van der Waals surface area contributed by atoms with Crippen LogP contribution in [0.2, 0.25) is 0 Å². The van der Waals surface area contributed by atoms with Gasteiger partial charge >= 0.3 is 0 Å². The van der Waals surface area contributed by atoms with Gasteiger partial charge in [0.15, 0.2) is 0 Å². The summed E-state index contributed by atoms with van der Waals surface area (Å²) in [6.07, 6.45) is 7.93. The van der Waals surface area contributed by atoms with Gasteiger partial charge in [-0.2, -0.15) is 0 Å². The number of alkyl halides is 1. The molecule has 0 radical (unpaired) electrons. The first-order valence-corrected chi connectivity index (χ1v) is 12.4. The largest absolute Gasteiger partial charge is 0.396 e. The molecule has 33 heavy (non-hydrogen) atoms. The fourth-order valence-corrected chi connectivity index (χ4v) is 3.51. The molecule has 1 aliphatic heterocycles. The predicted octanol–water partition coefficient (Wildman–Crippen LogP) is 5.80. The standard InChI is InChI=1S/C13H16N2O.C11H13NO.C3H5Br/c1-2-9-15-12-7-4-3-6-11(12)14-13(15)8-5-10-16;13-7-3-5-10-8-9-4-1-2-6-11(9)12-10;1-2-3-4/h2-4,6-7,16H,1,5,8-10H2;1-2,4,6,13H,3,5,7-8H2;2H,1,3H2. The molecule has 0 saturated carbocycles. The molecule has 0 aliphatic carbocycles. The summed E-state index contributed by atoms with van der Waals surface area (Å²) in [6, 6.07) is 16.3. The van der Waals surface area contributed by atoms with E-state index in [1.54, 1.807) is 6.08 Å². The summed E-state index contributed by atoms with van der Waals surface area (Å²) < 4.78 is 2.15. The number of aliphatic hydroxyl groups excluding tert-OH is 2. The highest BCUT2D eigenvalue weighted by atomic mass is 79.9. The van der Waals surface area contributed by atoms with Gasteiger partial charge in [-0.1, -0.05) is 58.4 Å². The number of hydrogen-bond acceptors (Lipinski definition) is 4. The van der Waals surface area contributed by atoms with Crippen molar-refractivity contribution in [3.8, 4) is 0 Å². The Hall–Kier alpha value is -2.54. The van der Waals surface area contributed by atoms with E-state index in [0.29, 0.717) is 0 Å². The van der Waals surface area contributed by atoms with Crippen LogP contribution < -0.4 is 0 Å². The van der Waals surface area contributed by atoms with E-state index in [4.69, 9.17) is 10.2 Å². The number of allylic oxidation sites excluding steroid dienone is 2. The highest BCUT2D eigenvalue weighted by Crippen LogP contribution is 2.27. The quantitative estimate of drug-likeness (QED) is 0.281. The van der Waals surface area contributed by atoms with Crippen molar-refractivity contribution in [3.63, 3.8) is 0 Å². The normalized spacial score (nSPS) is 11.5. The average Bonchev–Trinajstić information content (AvgIpc) is 3.43. The van der Waals surface area contributed by atoms with Crippen LogP contribution in [-0.4, -0.2) is 44.0 Å². The first-order chi connectivity index (χ1) is 16.2. The maximum absolute atomic E-state index is 8.87. The third-order valence-corrected chi connectivity index (χ3v) is 5.46. The van der Waals surface area contributed by atoms with Crippen molar-refractivity contribution in [1.29, 1.82) is 0 Å². The van der Waals surface area contributed by atoms with Gasteiger partial charge in [0.05, 0.1) is 16.7 Å². The molecule has 6 heteroatoms. The Morgan fingerprint density at radius 2 is 1.61 bits per heavy atom. The van der Waals surface area contributed by atoms with E-state index < -0.39 is 0 Å². The summed E-state index contributed by atoms with van der Waals surface area (Å²) in [4.78, 5) is 9.07. The van der Waals surface area contributed by atoms with Crippen molar-refractivity contribution in [2.45, 2.75) is 38.6 Å². The van der Waals surface area contributed by atoms with E-state index in [9.17, 15) is 0 Å². The average molecular weight is 512 g/mol. The predicted molar refractivity (Wildman–Crippen MR) is 143 cm³/mol. The minimum Gasteiger partial charge on any atom is -0.396 e. The minimum absolute atomic E-state index is 0.206. The van der Waals surface area contributed by atoms with Gasteiger partial charge in [-0.25, -0.2) is 4.98 Å². The summed E-state index contributed by atoms with van der Waals surface area (Å²) in [5, 5.41) is 18.5. The van der Waals surface area contributed by atoms with Crippen LogP contribution in [0, 0.1) is 0 Å². The molecule has 2 aromatic carbocycles. The number of aliphatic hydroxyl groups is 2. The highest BCUT2D eigenvalue weighted by molar-refractivity contribution is 9.09. The Morgan fingerprint density at radius 3 is 2.27 bits per heavy atom. The van der Waals surface area contributed by atoms with Crippen LogP contribution in [0.4, 0.5) is 5.69 Å². The maximum atomic E-state index is 8.87. The fraction of sp³-hybridized carbons (Fsp3) is 0.333. The van der Waals surface area contributed by atoms with Gasteiger partial charge in [0.25, 0.3) is 0 Å². The topological polar surface area (TPSA) is 70.6 Å². The van der Waals surface area contributed by atoms with Gasteiger partial charge < -0.3 is 14.8 Å². The third kappa shape index (κ3) is 8.39. The number of aromatic nitrogens is 2. The summed E-state index contributed by atoms with van der Waals surface area (Å²) in [5.74, 6) is 1.02. The van der Waals surface area contributed by atoms with E-state index in [2.05, 4.69) is 55.8 Å². The Labute approximate surface area is 205 Å². The van der Waals surface area contributed by atoms with E-state index >= 15 is 0 Å². The minimum atomic E-state index is 0.206. The van der Waals surface area contributed by atoms with E-state index in [1.165, 1.54) is 11.3 Å². The molecule has 1 aliphatic rings. The number of fused-ring (bicyclic) bond motifs is 2. The summed E-state index contributed by atoms with van der Waals surface area (Å²) in [7, 11) is 0. The molecule has 0 fully saturated rings. The molecule has 0 spiro atoms. The van der Waals surface area contributed by atoms with E-state index in [1.807, 2.05) is 42.5 Å². The summed E-state index contributed by atoms with van der Waals surface area (Å²) >= 11 is 3.13. The monoisotopic (exact) mass is 511 g/mol. The third-order valence-electron chi connectivity index (χ3n) is 5.00. The molecule has 4 rings (SSSR count). The Morgan fingerprint density at radius 1 is 0.939 bits per heavy atom. The zero-order chi connectivity index (χ0) is 23.9. The number of halogens is 1. The van der Waals surface area contributed by atoms with Crippen molar-refractivity contribution >= 4 is 38.4 Å². The molecular weight excluding hydrogens is 478 g/mol. The fourth-order valence-electron chi connectivity index (χ4n) is 3.51. The second-order valence-electron chi connectivity index (χ2n) is 7.50. The number of benzene rings is 2. The Kier molecular flexibility index (Phi) is 12.4. The van der Waals surface area contributed by atoms with Crippen LogP contribution in [-0.2, 0) is 19.4 Å². The SMILES string of the molecule is C=CCBr.C=CCn1c(CCCO)nc2ccccc21.OCCCC1=Nc2ccccc2C1. The molecular formula is C27H34BrN3O2. The zero-order valence-corrected chi connectivity index (χ0v) is 20.8. The molecule has 0 bridgehead atoms. The second-order valence-corrected chi connectivity index (χ2v) is 8.14. The van der Waals surface area contributed by atoms with E-state index in [-0.39, 0.29) is 13.2 Å². The molecule has 5 nitrogen and oxygen atoms in total. The number of para-hydroxylation sites is 3. The van der Waals surface area contributed by atoms with Crippen molar-refractivity contribution in [3.05, 3.63) is 85.2 Å². The molecule has 2 N–H and O–H groups in total. The number of rotatable bonds is 9. The van der Waals surface area contributed by atoms with Crippen molar-refractivity contribution in [2.24, 2.45) is 4.99 Å². The maximum Gasteiger partial charge on any atom is 0.110 e. The van der Waals surface area contributed by atoms with Gasteiger partial charge in [0, 0.05) is 43.6 Å². The van der Waals surface area contributed by atoms with Crippen LogP contribution in [0.3, 0.4) is 0 Å². The number of nitrogens with zero attached hydrogens (tertiary/aromatic N) is 3. The second kappa shape index (κ2) is 15.3. The lowest BCUT2D eigenvalue weighted by atomic mass is 10.1. The molecule has 3 aromatic rings. The molecule has 0 unspecified atom stereocenters. The highest BCUT2D eigenvalue weighted by Gasteiger charge is 2.12. The lowest BCUT2D eigenvalue weighted by Gasteiger charge is -2.05. The number of hydrogen-bond donors (Lipinski definition) is 2. The summed E-state index contributed by atoms with van der Waals surface area (Å²) in [6.45, 7) is 8.43. The summed E-state index contributed by atoms with van der Waals surface area (Å²) in [5.41, 5.74) is 5.77. The van der Waals surface area contributed by atoms with Crippen molar-refractivity contribution in [1.82, 2.24) is 9.55 Å². The zero-order valence-electron chi connectivity index (χ0n) is 19.2. The lowest BCUT2D eigenvalue weighted by molar-refractivity contribution is 0.287. The number of aliphatic imine (C=N–C) groups is 1. The Bertz CT molecular complexity index is 1040. The lowest BCUT2D eigenvalue weighted by Crippen LogP contribution is -2.03. The molecule has 1 aromatic heterocycles. The Balaban J connectivity index is 0.000000204. The van der Waals surface area contributed by atoms with Gasteiger partial charge in [-0.3, -0.25) is 4.99 Å². The molecule has 0 saturated heterocycles. The van der Waals surface area contributed by atoms with Crippen LogP contribution in [0.1, 0.15) is 30.7 Å². The number of aryl methyl sites for hydroxylation is 1. The van der Waals surface area contributed by atoms with Crippen LogP contribution in [0.25, 0.3) is 11.0 Å². The van der Waals surface area contributed by atoms with Crippen molar-refractivity contribution in [2.75, 3.05) is 18.5 Å². The van der Waals surface area contributed by atoms with Gasteiger partial charge in [0.2, 0.25) is 0 Å². The van der Waals surface area contributed by atoms with Crippen LogP contribution in [0.15, 0.2) is 78.8 Å². The van der Waals surface area contributed by atoms with Crippen LogP contribution in [0.5, 0.6) is 0 Å². The molecule has 2 heterocycles. The first kappa shape index (κ1) is 26.7. The molecule has 0 atom stereocenters. The van der Waals surface area contributed by atoms with Crippen LogP contribution >= 0.6 is 15.9 Å². The van der Waals surface area contributed by atoms with Gasteiger partial charge in [0.1, 0.15) is 5.82 Å². The van der Waals surface area contributed by atoms with Gasteiger partial charge in [-0.05, 0) is 43.0 Å². The number of imidazole rings is 1. The van der Waals surface area contributed by atoms with Gasteiger partial charge in [-0.15, -0.1) is 13.2 Å². The van der Waals surface area contributed by atoms with E-state index in [0.717, 1.165) is 66.5 Å². The molecule has 0 amide bonds. The molecule has 176 valence electrons. The first-order valence-electron chi connectivity index (χ1n) is 11.3. The smallest absolute Gasteiger partial charge is 0.110 e. The van der Waals surface area contributed by atoms with Crippen molar-refractivity contribution < 1.29 is 10.2 Å².